The number of carbonyl (C=O) groups is 2. The molecule has 0 saturated carbocycles. The molecule has 3 rings (SSSR count). The third-order valence-corrected chi connectivity index (χ3v) is 7.73. The van der Waals surface area contributed by atoms with E-state index in [1.165, 1.54) is 50.4 Å². The standard InChI is InChI=1S/C25H30N2O6S/c1-16(2)17-6-8-18(9-7-17)22-21(24(29)25(30)27(22)14-15-33-5)23(28)19-10-12-20(13-11-19)34(31,32)26(3)4/h6-13,16,22,28H,14-15H2,1-5H3. The Morgan fingerprint density at radius 1 is 1.06 bits per heavy atom. The lowest BCUT2D eigenvalue weighted by atomic mass is 9.93. The van der Waals surface area contributed by atoms with Crippen molar-refractivity contribution in [1.82, 2.24) is 9.21 Å². The minimum atomic E-state index is -3.65. The van der Waals surface area contributed by atoms with Crippen LogP contribution in [0.3, 0.4) is 0 Å². The molecule has 1 amide bonds. The summed E-state index contributed by atoms with van der Waals surface area (Å²) in [4.78, 5) is 27.3. The normalized spacial score (nSPS) is 18.3. The third-order valence-electron chi connectivity index (χ3n) is 5.90. The van der Waals surface area contributed by atoms with Gasteiger partial charge in [-0.3, -0.25) is 9.59 Å². The summed E-state index contributed by atoms with van der Waals surface area (Å²) >= 11 is 0. The van der Waals surface area contributed by atoms with Gasteiger partial charge in [-0.1, -0.05) is 38.1 Å². The fourth-order valence-corrected chi connectivity index (χ4v) is 4.76. The molecule has 9 heteroatoms. The van der Waals surface area contributed by atoms with Gasteiger partial charge in [0.05, 0.1) is 23.1 Å². The maximum Gasteiger partial charge on any atom is 0.295 e. The van der Waals surface area contributed by atoms with E-state index in [1.54, 1.807) is 0 Å². The summed E-state index contributed by atoms with van der Waals surface area (Å²) in [5.41, 5.74) is 2.00. The fraction of sp³-hybridized carbons (Fsp3) is 0.360. The van der Waals surface area contributed by atoms with E-state index in [2.05, 4.69) is 13.8 Å². The summed E-state index contributed by atoms with van der Waals surface area (Å²) in [7, 11) is 0.709. The van der Waals surface area contributed by atoms with Crippen LogP contribution in [0.2, 0.25) is 0 Å². The van der Waals surface area contributed by atoms with Crippen LogP contribution in [0.5, 0.6) is 0 Å². The molecule has 1 saturated heterocycles. The van der Waals surface area contributed by atoms with Crippen molar-refractivity contribution in [3.63, 3.8) is 0 Å². The zero-order chi connectivity index (χ0) is 25.2. The van der Waals surface area contributed by atoms with E-state index in [9.17, 15) is 23.1 Å². The number of hydrogen-bond acceptors (Lipinski definition) is 6. The van der Waals surface area contributed by atoms with Crippen LogP contribution >= 0.6 is 0 Å². The first-order valence-electron chi connectivity index (χ1n) is 10.9. The molecule has 1 N–H and O–H groups in total. The SMILES string of the molecule is COCCN1C(=O)C(=O)C(=C(O)c2ccc(S(=O)(=O)N(C)C)cc2)C1c1ccc(C(C)C)cc1. The predicted octanol–water partition coefficient (Wildman–Crippen LogP) is 3.13. The van der Waals surface area contributed by atoms with Gasteiger partial charge in [0.2, 0.25) is 10.0 Å². The first kappa shape index (κ1) is 25.6. The molecule has 1 aliphatic rings. The molecule has 34 heavy (non-hydrogen) atoms. The average Bonchev–Trinajstić information content (AvgIpc) is 3.07. The minimum absolute atomic E-state index is 0.0402. The Morgan fingerprint density at radius 2 is 1.65 bits per heavy atom. The molecular formula is C25H30N2O6S. The third kappa shape index (κ3) is 4.77. The summed E-state index contributed by atoms with van der Waals surface area (Å²) in [5, 5.41) is 11.1. The second kappa shape index (κ2) is 10.1. The maximum absolute atomic E-state index is 13.0. The number of nitrogens with zero attached hydrogens (tertiary/aromatic N) is 2. The maximum atomic E-state index is 13.0. The van der Waals surface area contributed by atoms with Crippen LogP contribution in [0, 0.1) is 0 Å². The molecule has 0 aromatic heterocycles. The van der Waals surface area contributed by atoms with Crippen LogP contribution in [0.1, 0.15) is 42.5 Å². The first-order valence-corrected chi connectivity index (χ1v) is 12.3. The van der Waals surface area contributed by atoms with Gasteiger partial charge in [-0.15, -0.1) is 0 Å². The largest absolute Gasteiger partial charge is 0.507 e. The van der Waals surface area contributed by atoms with E-state index in [4.69, 9.17) is 4.74 Å². The van der Waals surface area contributed by atoms with Gasteiger partial charge in [0.15, 0.2) is 0 Å². The van der Waals surface area contributed by atoms with Crippen LogP contribution in [-0.2, 0) is 24.3 Å². The van der Waals surface area contributed by atoms with Gasteiger partial charge in [0.25, 0.3) is 11.7 Å². The van der Waals surface area contributed by atoms with E-state index in [-0.39, 0.29) is 34.9 Å². The lowest BCUT2D eigenvalue weighted by molar-refractivity contribution is -0.140. The van der Waals surface area contributed by atoms with Gasteiger partial charge in [-0.05, 0) is 41.3 Å². The summed E-state index contributed by atoms with van der Waals surface area (Å²) in [6.07, 6.45) is 0. The molecule has 0 spiro atoms. The highest BCUT2D eigenvalue weighted by Gasteiger charge is 2.45. The minimum Gasteiger partial charge on any atom is -0.507 e. The highest BCUT2D eigenvalue weighted by atomic mass is 32.2. The van der Waals surface area contributed by atoms with Crippen LogP contribution < -0.4 is 0 Å². The molecule has 1 aliphatic heterocycles. The molecule has 1 unspecified atom stereocenters. The number of aliphatic hydroxyl groups excluding tert-OH is 1. The van der Waals surface area contributed by atoms with Crippen molar-refractivity contribution < 1.29 is 27.9 Å². The van der Waals surface area contributed by atoms with Crippen molar-refractivity contribution in [2.75, 3.05) is 34.4 Å². The molecule has 1 atom stereocenters. The Bertz CT molecular complexity index is 1200. The average molecular weight is 487 g/mol. The van der Waals surface area contributed by atoms with Crippen molar-refractivity contribution in [1.29, 1.82) is 0 Å². The van der Waals surface area contributed by atoms with E-state index in [0.717, 1.165) is 9.87 Å². The van der Waals surface area contributed by atoms with E-state index in [0.29, 0.717) is 11.5 Å². The van der Waals surface area contributed by atoms with Gasteiger partial charge in [0, 0.05) is 33.3 Å². The van der Waals surface area contributed by atoms with Crippen molar-refractivity contribution in [3.8, 4) is 0 Å². The Labute approximate surface area is 200 Å². The smallest absolute Gasteiger partial charge is 0.295 e. The first-order chi connectivity index (χ1) is 16.0. The number of sulfonamides is 1. The Balaban J connectivity index is 2.11. The van der Waals surface area contributed by atoms with Crippen molar-refractivity contribution in [2.24, 2.45) is 0 Å². The number of rotatable bonds is 8. The van der Waals surface area contributed by atoms with Crippen LogP contribution in [0.15, 0.2) is 59.0 Å². The molecule has 8 nitrogen and oxygen atoms in total. The topological polar surface area (TPSA) is 104 Å². The van der Waals surface area contributed by atoms with E-state index in [1.807, 2.05) is 24.3 Å². The lowest BCUT2D eigenvalue weighted by Crippen LogP contribution is -2.32. The number of methoxy groups -OCH3 is 1. The van der Waals surface area contributed by atoms with Gasteiger partial charge >= 0.3 is 0 Å². The van der Waals surface area contributed by atoms with Crippen molar-refractivity contribution >= 4 is 27.5 Å². The van der Waals surface area contributed by atoms with Crippen LogP contribution in [-0.4, -0.2) is 68.8 Å². The zero-order valence-electron chi connectivity index (χ0n) is 20.0. The molecular weight excluding hydrogens is 456 g/mol. The highest BCUT2D eigenvalue weighted by molar-refractivity contribution is 7.89. The predicted molar refractivity (Wildman–Crippen MR) is 129 cm³/mol. The van der Waals surface area contributed by atoms with Crippen molar-refractivity contribution in [3.05, 3.63) is 70.8 Å². The Kier molecular flexibility index (Phi) is 7.60. The van der Waals surface area contributed by atoms with E-state index < -0.39 is 27.8 Å². The van der Waals surface area contributed by atoms with Crippen LogP contribution in [0.25, 0.3) is 5.76 Å². The summed E-state index contributed by atoms with van der Waals surface area (Å²) in [5.74, 6) is -1.56. The van der Waals surface area contributed by atoms with Crippen molar-refractivity contribution in [2.45, 2.75) is 30.7 Å². The summed E-state index contributed by atoms with van der Waals surface area (Å²) in [6, 6.07) is 12.4. The fourth-order valence-electron chi connectivity index (χ4n) is 3.86. The monoisotopic (exact) mass is 486 g/mol. The van der Waals surface area contributed by atoms with Gasteiger partial charge < -0.3 is 14.7 Å². The molecule has 0 radical (unpaired) electrons. The van der Waals surface area contributed by atoms with Gasteiger partial charge in [0.1, 0.15) is 5.76 Å². The lowest BCUT2D eigenvalue weighted by Gasteiger charge is -2.25. The molecule has 1 fully saturated rings. The van der Waals surface area contributed by atoms with Crippen LogP contribution in [0.4, 0.5) is 0 Å². The number of benzene rings is 2. The molecule has 2 aromatic rings. The highest BCUT2D eigenvalue weighted by Crippen LogP contribution is 2.39. The zero-order valence-corrected chi connectivity index (χ0v) is 20.8. The molecule has 1 heterocycles. The second-order valence-corrected chi connectivity index (χ2v) is 10.8. The van der Waals surface area contributed by atoms with E-state index >= 15 is 0 Å². The molecule has 0 aliphatic carbocycles. The quantitative estimate of drug-likeness (QED) is 0.349. The summed E-state index contributed by atoms with van der Waals surface area (Å²) in [6.45, 7) is 4.54. The number of ether oxygens (including phenoxy) is 1. The number of hydrogen-bond donors (Lipinski definition) is 1. The Hall–Kier alpha value is -3.01. The molecule has 182 valence electrons. The number of carbonyl (C=O) groups excluding carboxylic acids is 2. The number of amides is 1. The Morgan fingerprint density at radius 3 is 2.15 bits per heavy atom. The molecule has 2 aromatic carbocycles. The number of likely N-dealkylation sites (tertiary alicyclic amines) is 1. The number of aliphatic hydroxyl groups is 1. The molecule has 0 bridgehead atoms. The second-order valence-electron chi connectivity index (χ2n) is 8.62. The number of ketones is 1. The van der Waals surface area contributed by atoms with Gasteiger partial charge in [-0.2, -0.15) is 0 Å². The van der Waals surface area contributed by atoms with Gasteiger partial charge in [-0.25, -0.2) is 12.7 Å². The summed E-state index contributed by atoms with van der Waals surface area (Å²) < 4.78 is 30.9. The number of Topliss-reactive ketones (excluding diaryl/α,β-unsaturated/α-hetero) is 1.